The Labute approximate surface area is 208 Å². The summed E-state index contributed by atoms with van der Waals surface area (Å²) in [4.78, 5) is 55.9. The first-order valence-corrected chi connectivity index (χ1v) is 12.1. The van der Waals surface area contributed by atoms with Crippen LogP contribution in [0.15, 0.2) is 29.1 Å². The van der Waals surface area contributed by atoms with Gasteiger partial charge in [0.25, 0.3) is 5.56 Å². The lowest BCUT2D eigenvalue weighted by Crippen LogP contribution is -2.49. The molecule has 0 unspecified atom stereocenters. The summed E-state index contributed by atoms with van der Waals surface area (Å²) in [5, 5.41) is 8.75. The molecule has 2 fully saturated rings. The van der Waals surface area contributed by atoms with Crippen LogP contribution < -0.4 is 21.5 Å². The molecule has 4 rings (SSSR count). The van der Waals surface area contributed by atoms with E-state index in [1.807, 2.05) is 0 Å². The van der Waals surface area contributed by atoms with Crippen molar-refractivity contribution < 1.29 is 14.4 Å². The Morgan fingerprint density at radius 3 is 2.46 bits per heavy atom. The van der Waals surface area contributed by atoms with Gasteiger partial charge in [0.2, 0.25) is 11.8 Å². The summed E-state index contributed by atoms with van der Waals surface area (Å²) in [6, 6.07) is 6.19. The third-order valence-electron chi connectivity index (χ3n) is 6.37. The van der Waals surface area contributed by atoms with E-state index in [-0.39, 0.29) is 41.9 Å². The smallest absolute Gasteiger partial charge is 0.314 e. The number of aromatic nitrogens is 2. The van der Waals surface area contributed by atoms with Crippen LogP contribution in [0.2, 0.25) is 5.02 Å². The number of nitrogens with one attached hydrogen (secondary N) is 3. The predicted octanol–water partition coefficient (Wildman–Crippen LogP) is 2.14. The normalized spacial score (nSPS) is 16.0. The Morgan fingerprint density at radius 2 is 1.83 bits per heavy atom. The third kappa shape index (κ3) is 6.00. The average Bonchev–Trinajstić information content (AvgIpc) is 3.67. The Kier molecular flexibility index (Phi) is 7.39. The largest absolute Gasteiger partial charge is 0.341 e. The van der Waals surface area contributed by atoms with Crippen LogP contribution in [0, 0.1) is 12.8 Å². The van der Waals surface area contributed by atoms with E-state index in [1.54, 1.807) is 37.1 Å². The van der Waals surface area contributed by atoms with Gasteiger partial charge in [-0.25, -0.2) is 9.78 Å². The van der Waals surface area contributed by atoms with Crippen molar-refractivity contribution >= 4 is 35.1 Å². The zero-order valence-electron chi connectivity index (χ0n) is 19.8. The van der Waals surface area contributed by atoms with Gasteiger partial charge in [0, 0.05) is 48.7 Å². The van der Waals surface area contributed by atoms with E-state index in [1.165, 1.54) is 10.6 Å². The number of anilines is 1. The van der Waals surface area contributed by atoms with Crippen molar-refractivity contribution in [1.82, 2.24) is 25.1 Å². The molecular formula is C24H29ClN6O4. The van der Waals surface area contributed by atoms with E-state index in [9.17, 15) is 19.2 Å². The lowest BCUT2D eigenvalue weighted by molar-refractivity contribution is -0.133. The molecule has 3 N–H and O–H groups in total. The predicted molar refractivity (Wildman–Crippen MR) is 132 cm³/mol. The van der Waals surface area contributed by atoms with Gasteiger partial charge in [-0.3, -0.25) is 19.0 Å². The number of hydrogen-bond donors (Lipinski definition) is 3. The van der Waals surface area contributed by atoms with Crippen LogP contribution in [-0.4, -0.2) is 58.5 Å². The number of amides is 4. The zero-order chi connectivity index (χ0) is 25.1. The number of carbonyl (C=O) groups is 3. The number of benzene rings is 1. The van der Waals surface area contributed by atoms with Crippen LogP contribution in [0.5, 0.6) is 0 Å². The Bertz CT molecular complexity index is 1200. The van der Waals surface area contributed by atoms with Gasteiger partial charge in [-0.15, -0.1) is 0 Å². The van der Waals surface area contributed by atoms with Gasteiger partial charge in [0.05, 0.1) is 11.4 Å². The summed E-state index contributed by atoms with van der Waals surface area (Å²) in [5.41, 5.74) is 1.14. The molecule has 2 heterocycles. The summed E-state index contributed by atoms with van der Waals surface area (Å²) in [6.45, 7) is 2.57. The quantitative estimate of drug-likeness (QED) is 0.560. The fourth-order valence-corrected chi connectivity index (χ4v) is 4.31. The van der Waals surface area contributed by atoms with Crippen molar-refractivity contribution in [3.8, 4) is 11.3 Å². The maximum Gasteiger partial charge on any atom is 0.314 e. The van der Waals surface area contributed by atoms with E-state index < -0.39 is 0 Å². The number of piperidine rings is 1. The summed E-state index contributed by atoms with van der Waals surface area (Å²) in [5.74, 6) is 0.164. The Hall–Kier alpha value is -3.40. The van der Waals surface area contributed by atoms with Crippen molar-refractivity contribution in [3.63, 3.8) is 0 Å². The number of rotatable bonds is 6. The van der Waals surface area contributed by atoms with Crippen molar-refractivity contribution in [1.29, 1.82) is 0 Å². The van der Waals surface area contributed by atoms with Crippen molar-refractivity contribution in [2.75, 3.05) is 25.5 Å². The van der Waals surface area contributed by atoms with E-state index in [2.05, 4.69) is 20.9 Å². The van der Waals surface area contributed by atoms with Gasteiger partial charge >= 0.3 is 6.03 Å². The highest BCUT2D eigenvalue weighted by Crippen LogP contribution is 2.33. The Morgan fingerprint density at radius 1 is 1.11 bits per heavy atom. The number of carbonyl (C=O) groups excluding carboxylic acids is 3. The fourth-order valence-electron chi connectivity index (χ4n) is 4.14. The first kappa shape index (κ1) is 24.7. The second-order valence-corrected chi connectivity index (χ2v) is 9.38. The number of likely N-dealkylation sites (tertiary alicyclic amines) is 1. The van der Waals surface area contributed by atoms with Crippen LogP contribution in [0.3, 0.4) is 0 Å². The van der Waals surface area contributed by atoms with Gasteiger partial charge in [0.15, 0.2) is 0 Å². The molecule has 0 atom stereocenters. The van der Waals surface area contributed by atoms with E-state index in [0.717, 1.165) is 12.8 Å². The van der Waals surface area contributed by atoms with Gasteiger partial charge in [0.1, 0.15) is 12.4 Å². The average molecular weight is 501 g/mol. The van der Waals surface area contributed by atoms with Gasteiger partial charge in [-0.05, 0) is 50.8 Å². The van der Waals surface area contributed by atoms with Gasteiger partial charge in [-0.2, -0.15) is 0 Å². The topological polar surface area (TPSA) is 125 Å². The van der Waals surface area contributed by atoms with Crippen LogP contribution in [0.25, 0.3) is 11.3 Å². The molecule has 1 aromatic heterocycles. The monoisotopic (exact) mass is 500 g/mol. The molecule has 10 nitrogen and oxygen atoms in total. The zero-order valence-corrected chi connectivity index (χ0v) is 20.5. The van der Waals surface area contributed by atoms with Crippen LogP contribution in [0.1, 0.15) is 31.5 Å². The molecule has 0 spiro atoms. The molecule has 2 aliphatic rings. The highest BCUT2D eigenvalue weighted by molar-refractivity contribution is 6.31. The van der Waals surface area contributed by atoms with Crippen LogP contribution >= 0.6 is 11.6 Å². The Balaban J connectivity index is 1.47. The highest BCUT2D eigenvalue weighted by atomic mass is 35.5. The standard InChI is InChI=1S/C24H29ClN6O4/c1-14-27-20(18-6-5-16(25)11-19(18)29-23(34)15-3-4-15)12-21(32)31(14)13-22(33)30-9-7-17(8-10-30)28-24(35)26-2/h5-6,11-12,15,17H,3-4,7-10,13H2,1-2H3,(H,29,34)(H2,26,28,35). The first-order valence-electron chi connectivity index (χ1n) is 11.7. The molecule has 0 radical (unpaired) electrons. The fraction of sp³-hybridized carbons (Fsp3) is 0.458. The van der Waals surface area contributed by atoms with Gasteiger partial charge < -0.3 is 20.9 Å². The lowest BCUT2D eigenvalue weighted by Gasteiger charge is -2.32. The van der Waals surface area contributed by atoms with E-state index in [4.69, 9.17) is 11.6 Å². The second-order valence-electron chi connectivity index (χ2n) is 8.94. The summed E-state index contributed by atoms with van der Waals surface area (Å²) in [6.07, 6.45) is 3.03. The molecule has 4 amide bonds. The maximum atomic E-state index is 13.0. The number of halogens is 1. The first-order chi connectivity index (χ1) is 16.7. The molecule has 2 aromatic rings. The SMILES string of the molecule is CNC(=O)NC1CCN(C(=O)Cn2c(C)nc(-c3ccc(Cl)cc3NC(=O)C3CC3)cc2=O)CC1. The molecule has 0 bridgehead atoms. The second kappa shape index (κ2) is 10.5. The number of urea groups is 1. The molecule has 186 valence electrons. The van der Waals surface area contributed by atoms with E-state index >= 15 is 0 Å². The van der Waals surface area contributed by atoms with E-state index in [0.29, 0.717) is 53.7 Å². The van der Waals surface area contributed by atoms with Crippen molar-refractivity contribution in [3.05, 3.63) is 45.5 Å². The highest BCUT2D eigenvalue weighted by Gasteiger charge is 2.30. The number of hydrogen-bond acceptors (Lipinski definition) is 5. The molecule has 1 aliphatic carbocycles. The molecule has 1 aromatic carbocycles. The minimum atomic E-state index is -0.355. The van der Waals surface area contributed by atoms with Gasteiger partial charge in [-0.1, -0.05) is 11.6 Å². The van der Waals surface area contributed by atoms with Crippen molar-refractivity contribution in [2.24, 2.45) is 5.92 Å². The van der Waals surface area contributed by atoms with Crippen LogP contribution in [-0.2, 0) is 16.1 Å². The summed E-state index contributed by atoms with van der Waals surface area (Å²) in [7, 11) is 1.56. The lowest BCUT2D eigenvalue weighted by atomic mass is 10.1. The molecule has 35 heavy (non-hydrogen) atoms. The summed E-state index contributed by atoms with van der Waals surface area (Å²) < 4.78 is 1.35. The minimum Gasteiger partial charge on any atom is -0.341 e. The number of aryl methyl sites for hydroxylation is 1. The minimum absolute atomic E-state index is 0.0124. The molecule has 1 aliphatic heterocycles. The third-order valence-corrected chi connectivity index (χ3v) is 6.60. The van der Waals surface area contributed by atoms with Crippen molar-refractivity contribution in [2.45, 2.75) is 45.2 Å². The molecule has 1 saturated heterocycles. The molecule has 11 heteroatoms. The molecule has 1 saturated carbocycles. The summed E-state index contributed by atoms with van der Waals surface area (Å²) >= 11 is 6.14. The number of nitrogens with zero attached hydrogens (tertiary/aromatic N) is 3. The maximum absolute atomic E-state index is 13.0. The van der Waals surface area contributed by atoms with Crippen LogP contribution in [0.4, 0.5) is 10.5 Å². The molecular weight excluding hydrogens is 472 g/mol.